The van der Waals surface area contributed by atoms with Gasteiger partial charge >= 0.3 is 5.97 Å². The van der Waals surface area contributed by atoms with E-state index in [1.165, 1.54) is 7.11 Å². The molecule has 1 amide bonds. The monoisotopic (exact) mass is 263 g/mol. The number of likely N-dealkylation sites (tertiary alicyclic amines) is 1. The van der Waals surface area contributed by atoms with E-state index in [9.17, 15) is 9.59 Å². The Kier molecular flexibility index (Phi) is 4.16. The van der Waals surface area contributed by atoms with Gasteiger partial charge in [0.05, 0.1) is 5.92 Å². The maximum absolute atomic E-state index is 12.4. The maximum atomic E-state index is 12.4. The average Bonchev–Trinajstić information content (AvgIpc) is 2.90. The van der Waals surface area contributed by atoms with Crippen molar-refractivity contribution in [1.29, 1.82) is 0 Å². The molecule has 2 atom stereocenters. The van der Waals surface area contributed by atoms with E-state index in [1.54, 1.807) is 4.90 Å². The SMILES string of the molecule is CO[C@@H](C(=O)N1CC[C@@H](C(=O)O)C1)c1ccccc1. The fourth-order valence-electron chi connectivity index (χ4n) is 2.34. The highest BCUT2D eigenvalue weighted by atomic mass is 16.5. The first-order valence-corrected chi connectivity index (χ1v) is 6.23. The standard InChI is InChI=1S/C14H17NO4/c1-19-12(10-5-3-2-4-6-10)13(16)15-8-7-11(9-15)14(17)18/h2-6,11-12H,7-9H2,1H3,(H,17,18)/t11-,12-/m1/s1. The largest absolute Gasteiger partial charge is 0.481 e. The highest BCUT2D eigenvalue weighted by Gasteiger charge is 2.34. The number of ether oxygens (including phenoxy) is 1. The number of hydrogen-bond donors (Lipinski definition) is 1. The number of nitrogens with zero attached hydrogens (tertiary/aromatic N) is 1. The maximum Gasteiger partial charge on any atom is 0.308 e. The number of hydrogen-bond acceptors (Lipinski definition) is 3. The van der Waals surface area contributed by atoms with Gasteiger partial charge in [0, 0.05) is 20.2 Å². The van der Waals surface area contributed by atoms with Crippen LogP contribution in [0.2, 0.25) is 0 Å². The van der Waals surface area contributed by atoms with Crippen LogP contribution in [0.4, 0.5) is 0 Å². The summed E-state index contributed by atoms with van der Waals surface area (Å²) in [7, 11) is 1.49. The average molecular weight is 263 g/mol. The van der Waals surface area contributed by atoms with Gasteiger partial charge in [-0.25, -0.2) is 0 Å². The van der Waals surface area contributed by atoms with E-state index in [-0.39, 0.29) is 12.5 Å². The van der Waals surface area contributed by atoms with Crippen LogP contribution >= 0.6 is 0 Å². The number of rotatable bonds is 4. The summed E-state index contributed by atoms with van der Waals surface area (Å²) in [6, 6.07) is 9.22. The Morgan fingerprint density at radius 2 is 2.05 bits per heavy atom. The van der Waals surface area contributed by atoms with Crippen LogP contribution in [0.5, 0.6) is 0 Å². The zero-order valence-corrected chi connectivity index (χ0v) is 10.8. The highest BCUT2D eigenvalue weighted by molar-refractivity contribution is 5.83. The molecule has 102 valence electrons. The molecule has 0 aromatic heterocycles. The van der Waals surface area contributed by atoms with Gasteiger partial charge < -0.3 is 14.7 Å². The Labute approximate surface area is 111 Å². The molecule has 1 aliphatic rings. The van der Waals surface area contributed by atoms with Crippen molar-refractivity contribution in [3.05, 3.63) is 35.9 Å². The molecule has 0 bridgehead atoms. The number of aliphatic carboxylic acids is 1. The van der Waals surface area contributed by atoms with Gasteiger partial charge in [-0.15, -0.1) is 0 Å². The summed E-state index contributed by atoms with van der Waals surface area (Å²) in [5.41, 5.74) is 0.786. The highest BCUT2D eigenvalue weighted by Crippen LogP contribution is 2.24. The number of methoxy groups -OCH3 is 1. The molecule has 0 radical (unpaired) electrons. The summed E-state index contributed by atoms with van der Waals surface area (Å²) in [4.78, 5) is 24.8. The van der Waals surface area contributed by atoms with Crippen molar-refractivity contribution >= 4 is 11.9 Å². The van der Waals surface area contributed by atoms with Crippen molar-refractivity contribution in [2.24, 2.45) is 5.92 Å². The molecule has 2 rings (SSSR count). The predicted molar refractivity (Wildman–Crippen MR) is 68.5 cm³/mol. The summed E-state index contributed by atoms with van der Waals surface area (Å²) in [6.45, 7) is 0.739. The minimum Gasteiger partial charge on any atom is -0.481 e. The zero-order chi connectivity index (χ0) is 13.8. The molecule has 1 aromatic carbocycles. The third-order valence-corrected chi connectivity index (χ3v) is 3.41. The van der Waals surface area contributed by atoms with E-state index in [0.29, 0.717) is 13.0 Å². The molecule has 19 heavy (non-hydrogen) atoms. The summed E-state index contributed by atoms with van der Waals surface area (Å²) in [5, 5.41) is 8.96. The minimum absolute atomic E-state index is 0.169. The molecule has 1 saturated heterocycles. The second-order valence-corrected chi connectivity index (χ2v) is 4.63. The van der Waals surface area contributed by atoms with Crippen molar-refractivity contribution in [3.63, 3.8) is 0 Å². The topological polar surface area (TPSA) is 66.8 Å². The van der Waals surface area contributed by atoms with Gasteiger partial charge in [-0.2, -0.15) is 0 Å². The smallest absolute Gasteiger partial charge is 0.308 e. The van der Waals surface area contributed by atoms with Crippen LogP contribution in [0.1, 0.15) is 18.1 Å². The minimum atomic E-state index is -0.844. The predicted octanol–water partition coefficient (Wildman–Crippen LogP) is 1.31. The van der Waals surface area contributed by atoms with Crippen LogP contribution in [-0.2, 0) is 14.3 Å². The lowest BCUT2D eigenvalue weighted by Gasteiger charge is -2.22. The van der Waals surface area contributed by atoms with Crippen molar-refractivity contribution in [3.8, 4) is 0 Å². The molecule has 0 saturated carbocycles. The van der Waals surface area contributed by atoms with Crippen LogP contribution in [0.15, 0.2) is 30.3 Å². The third-order valence-electron chi connectivity index (χ3n) is 3.41. The third kappa shape index (κ3) is 2.93. The molecule has 1 heterocycles. The molecule has 1 fully saturated rings. The van der Waals surface area contributed by atoms with E-state index in [0.717, 1.165) is 5.56 Å². The molecular weight excluding hydrogens is 246 g/mol. The van der Waals surface area contributed by atoms with Crippen molar-refractivity contribution in [1.82, 2.24) is 4.90 Å². The van der Waals surface area contributed by atoms with E-state index in [4.69, 9.17) is 9.84 Å². The van der Waals surface area contributed by atoms with Crippen LogP contribution in [0, 0.1) is 5.92 Å². The summed E-state index contributed by atoms with van der Waals surface area (Å²) in [6.07, 6.45) is -0.152. The van der Waals surface area contributed by atoms with Gasteiger partial charge in [0.15, 0.2) is 6.10 Å². The Hall–Kier alpha value is -1.88. The van der Waals surface area contributed by atoms with E-state index in [1.807, 2.05) is 30.3 Å². The first kappa shape index (κ1) is 13.5. The van der Waals surface area contributed by atoms with Gasteiger partial charge in [0.25, 0.3) is 5.91 Å². The molecule has 5 heteroatoms. The Morgan fingerprint density at radius 1 is 1.37 bits per heavy atom. The van der Waals surface area contributed by atoms with Gasteiger partial charge in [-0.1, -0.05) is 30.3 Å². The van der Waals surface area contributed by atoms with Gasteiger partial charge in [0.2, 0.25) is 0 Å². The second kappa shape index (κ2) is 5.84. The molecule has 0 unspecified atom stereocenters. The van der Waals surface area contributed by atoms with Gasteiger partial charge in [-0.3, -0.25) is 9.59 Å². The number of carbonyl (C=O) groups is 2. The van der Waals surface area contributed by atoms with Crippen molar-refractivity contribution < 1.29 is 19.4 Å². The molecule has 5 nitrogen and oxygen atoms in total. The van der Waals surface area contributed by atoms with E-state index in [2.05, 4.69) is 0 Å². The molecular formula is C14H17NO4. The summed E-state index contributed by atoms with van der Waals surface area (Å²) >= 11 is 0. The fraction of sp³-hybridized carbons (Fsp3) is 0.429. The summed E-state index contributed by atoms with van der Waals surface area (Å²) < 4.78 is 5.27. The molecule has 0 spiro atoms. The lowest BCUT2D eigenvalue weighted by molar-refractivity contribution is -0.143. The quantitative estimate of drug-likeness (QED) is 0.889. The number of carbonyl (C=O) groups excluding carboxylic acids is 1. The number of benzene rings is 1. The van der Waals surface area contributed by atoms with Crippen molar-refractivity contribution in [2.75, 3.05) is 20.2 Å². The lowest BCUT2D eigenvalue weighted by atomic mass is 10.1. The van der Waals surface area contributed by atoms with Crippen LogP contribution in [0.25, 0.3) is 0 Å². The lowest BCUT2D eigenvalue weighted by Crippen LogP contribution is -2.34. The molecule has 1 aromatic rings. The van der Waals surface area contributed by atoms with E-state index < -0.39 is 18.0 Å². The van der Waals surface area contributed by atoms with Crippen LogP contribution in [0.3, 0.4) is 0 Å². The Balaban J connectivity index is 2.08. The Morgan fingerprint density at radius 3 is 2.58 bits per heavy atom. The zero-order valence-electron chi connectivity index (χ0n) is 10.8. The van der Waals surface area contributed by atoms with Gasteiger partial charge in [-0.05, 0) is 12.0 Å². The van der Waals surface area contributed by atoms with Gasteiger partial charge in [0.1, 0.15) is 0 Å². The van der Waals surface area contributed by atoms with E-state index >= 15 is 0 Å². The summed E-state index contributed by atoms with van der Waals surface area (Å²) in [5.74, 6) is -1.47. The van der Waals surface area contributed by atoms with Crippen LogP contribution in [-0.4, -0.2) is 42.1 Å². The van der Waals surface area contributed by atoms with Crippen molar-refractivity contribution in [2.45, 2.75) is 12.5 Å². The second-order valence-electron chi connectivity index (χ2n) is 4.63. The molecule has 0 aliphatic carbocycles. The normalized spacial score (nSPS) is 20.3. The molecule has 1 N–H and O–H groups in total. The first-order chi connectivity index (χ1) is 9.13. The fourth-order valence-corrected chi connectivity index (χ4v) is 2.34. The van der Waals surface area contributed by atoms with Crippen LogP contribution < -0.4 is 0 Å². The number of carboxylic acid groups (broad SMARTS) is 1. The first-order valence-electron chi connectivity index (χ1n) is 6.23. The Bertz CT molecular complexity index is 460. The number of carboxylic acids is 1. The number of amides is 1. The molecule has 1 aliphatic heterocycles.